The van der Waals surface area contributed by atoms with Gasteiger partial charge in [0, 0.05) is 13.2 Å². The van der Waals surface area contributed by atoms with Gasteiger partial charge in [-0.15, -0.1) is 5.10 Å². The number of rotatable bonds is 5. The predicted octanol–water partition coefficient (Wildman–Crippen LogP) is 0.615. The van der Waals surface area contributed by atoms with Gasteiger partial charge in [-0.2, -0.15) is 9.78 Å². The topological polar surface area (TPSA) is 105 Å². The number of carbonyl (C=O) groups excluding carboxylic acids is 1. The molecule has 3 aromatic heterocycles. The van der Waals surface area contributed by atoms with Gasteiger partial charge in [0.1, 0.15) is 11.9 Å². The highest BCUT2D eigenvalue weighted by atomic mass is 16.2. The van der Waals surface area contributed by atoms with Crippen molar-refractivity contribution in [2.24, 2.45) is 0 Å². The molecule has 0 radical (unpaired) electrons. The standard InChI is InChI=1S/C14H16N8O/c1-3-10-4-5-11(15-6-10)8-21(2)14(23)12-7-16-18-13(12)22-9-17-19-20-22/h4-7,9H,3,8H2,1-2H3,(H,16,18). The van der Waals surface area contributed by atoms with Crippen molar-refractivity contribution in [1.82, 2.24) is 40.3 Å². The van der Waals surface area contributed by atoms with Crippen LogP contribution in [0.4, 0.5) is 0 Å². The maximum atomic E-state index is 12.6. The van der Waals surface area contributed by atoms with Crippen LogP contribution in [0.3, 0.4) is 0 Å². The maximum absolute atomic E-state index is 12.6. The van der Waals surface area contributed by atoms with Crippen LogP contribution in [0.2, 0.25) is 0 Å². The Balaban J connectivity index is 1.76. The molecule has 0 unspecified atom stereocenters. The maximum Gasteiger partial charge on any atom is 0.259 e. The van der Waals surface area contributed by atoms with Crippen molar-refractivity contribution >= 4 is 5.91 Å². The van der Waals surface area contributed by atoms with E-state index in [1.807, 2.05) is 18.3 Å². The Kier molecular flexibility index (Phi) is 4.09. The summed E-state index contributed by atoms with van der Waals surface area (Å²) in [6.07, 6.45) is 5.63. The molecule has 118 valence electrons. The lowest BCUT2D eigenvalue weighted by molar-refractivity contribution is 0.0783. The fourth-order valence-corrected chi connectivity index (χ4v) is 2.15. The zero-order valence-electron chi connectivity index (χ0n) is 12.8. The van der Waals surface area contributed by atoms with Crippen molar-refractivity contribution in [3.05, 3.63) is 47.7 Å². The highest BCUT2D eigenvalue weighted by Gasteiger charge is 2.20. The first kappa shape index (κ1) is 14.8. The molecule has 1 amide bonds. The quantitative estimate of drug-likeness (QED) is 0.740. The number of carbonyl (C=O) groups is 1. The first-order chi connectivity index (χ1) is 11.2. The van der Waals surface area contributed by atoms with Crippen LogP contribution < -0.4 is 0 Å². The lowest BCUT2D eigenvalue weighted by Crippen LogP contribution is -2.27. The molecule has 0 saturated heterocycles. The molecular weight excluding hydrogens is 296 g/mol. The van der Waals surface area contributed by atoms with E-state index in [0.29, 0.717) is 17.9 Å². The van der Waals surface area contributed by atoms with Gasteiger partial charge in [0.2, 0.25) is 0 Å². The van der Waals surface area contributed by atoms with Crippen LogP contribution in [0.1, 0.15) is 28.5 Å². The van der Waals surface area contributed by atoms with Crippen LogP contribution >= 0.6 is 0 Å². The Hall–Kier alpha value is -3.10. The minimum absolute atomic E-state index is 0.189. The van der Waals surface area contributed by atoms with Gasteiger partial charge in [0.15, 0.2) is 5.82 Å². The highest BCUT2D eigenvalue weighted by Crippen LogP contribution is 2.13. The minimum atomic E-state index is -0.189. The van der Waals surface area contributed by atoms with Gasteiger partial charge in [-0.25, -0.2) is 0 Å². The molecule has 0 spiro atoms. The van der Waals surface area contributed by atoms with Crippen LogP contribution in [0, 0.1) is 0 Å². The molecule has 0 saturated carbocycles. The van der Waals surface area contributed by atoms with E-state index < -0.39 is 0 Å². The summed E-state index contributed by atoms with van der Waals surface area (Å²) in [7, 11) is 1.72. The predicted molar refractivity (Wildman–Crippen MR) is 80.7 cm³/mol. The fourth-order valence-electron chi connectivity index (χ4n) is 2.15. The van der Waals surface area contributed by atoms with Gasteiger partial charge < -0.3 is 4.90 Å². The SMILES string of the molecule is CCc1ccc(CN(C)C(=O)c2cn[nH]c2-n2cnnn2)nc1. The molecule has 0 atom stereocenters. The van der Waals surface area contributed by atoms with E-state index >= 15 is 0 Å². The summed E-state index contributed by atoms with van der Waals surface area (Å²) in [5.41, 5.74) is 2.38. The molecule has 0 aliphatic heterocycles. The third-order valence-corrected chi connectivity index (χ3v) is 3.47. The normalized spacial score (nSPS) is 10.7. The van der Waals surface area contributed by atoms with Gasteiger partial charge >= 0.3 is 0 Å². The number of tetrazole rings is 1. The number of hydrogen-bond donors (Lipinski definition) is 1. The average molecular weight is 312 g/mol. The summed E-state index contributed by atoms with van der Waals surface area (Å²) >= 11 is 0. The summed E-state index contributed by atoms with van der Waals surface area (Å²) < 4.78 is 1.36. The Morgan fingerprint density at radius 1 is 1.35 bits per heavy atom. The van der Waals surface area contributed by atoms with E-state index in [0.717, 1.165) is 12.1 Å². The second-order valence-electron chi connectivity index (χ2n) is 5.06. The van der Waals surface area contributed by atoms with Crippen molar-refractivity contribution in [3.8, 4) is 5.82 Å². The number of aryl methyl sites for hydroxylation is 1. The Morgan fingerprint density at radius 2 is 2.22 bits per heavy atom. The van der Waals surface area contributed by atoms with Gasteiger partial charge in [0.05, 0.1) is 18.4 Å². The minimum Gasteiger partial charge on any atom is -0.336 e. The van der Waals surface area contributed by atoms with Crippen molar-refractivity contribution in [3.63, 3.8) is 0 Å². The number of pyridine rings is 1. The molecule has 0 aliphatic rings. The van der Waals surface area contributed by atoms with Crippen LogP contribution in [-0.2, 0) is 13.0 Å². The number of nitrogens with one attached hydrogen (secondary N) is 1. The van der Waals surface area contributed by atoms with Gasteiger partial charge in [-0.05, 0) is 28.5 Å². The summed E-state index contributed by atoms with van der Waals surface area (Å²) in [6, 6.07) is 3.95. The molecule has 0 fully saturated rings. The number of aromatic amines is 1. The lowest BCUT2D eigenvalue weighted by atomic mass is 10.2. The zero-order valence-corrected chi connectivity index (χ0v) is 12.8. The van der Waals surface area contributed by atoms with E-state index in [4.69, 9.17) is 0 Å². The highest BCUT2D eigenvalue weighted by molar-refractivity contribution is 5.96. The fraction of sp³-hybridized carbons (Fsp3) is 0.286. The molecule has 3 heterocycles. The number of amides is 1. The molecule has 1 N–H and O–H groups in total. The second-order valence-corrected chi connectivity index (χ2v) is 5.06. The van der Waals surface area contributed by atoms with Crippen LogP contribution in [0.5, 0.6) is 0 Å². The molecule has 23 heavy (non-hydrogen) atoms. The molecule has 0 aromatic carbocycles. The van der Waals surface area contributed by atoms with Crippen molar-refractivity contribution < 1.29 is 4.79 Å². The summed E-state index contributed by atoms with van der Waals surface area (Å²) in [6.45, 7) is 2.48. The zero-order chi connectivity index (χ0) is 16.2. The van der Waals surface area contributed by atoms with E-state index in [1.165, 1.54) is 22.8 Å². The van der Waals surface area contributed by atoms with Crippen molar-refractivity contribution in [2.75, 3.05) is 7.05 Å². The van der Waals surface area contributed by atoms with Crippen molar-refractivity contribution in [2.45, 2.75) is 19.9 Å². The Morgan fingerprint density at radius 3 is 2.87 bits per heavy atom. The molecule has 9 heteroatoms. The Labute approximate surface area is 132 Å². The van der Waals surface area contributed by atoms with E-state index in [2.05, 4.69) is 37.6 Å². The van der Waals surface area contributed by atoms with E-state index in [-0.39, 0.29) is 5.91 Å². The van der Waals surface area contributed by atoms with Gasteiger partial charge in [-0.1, -0.05) is 13.0 Å². The number of aromatic nitrogens is 7. The van der Waals surface area contributed by atoms with E-state index in [1.54, 1.807) is 11.9 Å². The Bertz CT molecular complexity index is 777. The molecular formula is C14H16N8O. The molecule has 0 aliphatic carbocycles. The molecule has 9 nitrogen and oxygen atoms in total. The first-order valence-corrected chi connectivity index (χ1v) is 7.15. The monoisotopic (exact) mass is 312 g/mol. The second kappa shape index (κ2) is 6.34. The van der Waals surface area contributed by atoms with Gasteiger partial charge in [0.25, 0.3) is 5.91 Å². The van der Waals surface area contributed by atoms with Crippen LogP contribution in [0.25, 0.3) is 5.82 Å². The third-order valence-electron chi connectivity index (χ3n) is 3.47. The first-order valence-electron chi connectivity index (χ1n) is 7.15. The third kappa shape index (κ3) is 3.07. The molecule has 3 rings (SSSR count). The number of hydrogen-bond acceptors (Lipinski definition) is 6. The average Bonchev–Trinajstić information content (AvgIpc) is 3.25. The molecule has 3 aromatic rings. The van der Waals surface area contributed by atoms with Gasteiger partial charge in [-0.3, -0.25) is 14.9 Å². The molecule has 0 bridgehead atoms. The number of nitrogens with zero attached hydrogens (tertiary/aromatic N) is 7. The summed E-state index contributed by atoms with van der Waals surface area (Å²) in [5, 5.41) is 17.5. The summed E-state index contributed by atoms with van der Waals surface area (Å²) in [5.74, 6) is 0.242. The summed E-state index contributed by atoms with van der Waals surface area (Å²) in [4.78, 5) is 18.6. The smallest absolute Gasteiger partial charge is 0.259 e. The van der Waals surface area contributed by atoms with E-state index in [9.17, 15) is 4.79 Å². The van der Waals surface area contributed by atoms with Crippen LogP contribution in [0.15, 0.2) is 30.9 Å². The van der Waals surface area contributed by atoms with Crippen molar-refractivity contribution in [1.29, 1.82) is 0 Å². The number of H-pyrrole nitrogens is 1. The van der Waals surface area contributed by atoms with Crippen LogP contribution in [-0.4, -0.2) is 53.2 Å². The largest absolute Gasteiger partial charge is 0.336 e. The lowest BCUT2D eigenvalue weighted by Gasteiger charge is -2.16.